The van der Waals surface area contributed by atoms with Gasteiger partial charge in [0, 0.05) is 18.4 Å². The molecule has 0 radical (unpaired) electrons. The molecule has 0 atom stereocenters. The molecule has 0 bridgehead atoms. The number of hydrogen-bond donors (Lipinski definition) is 3. The SMILES string of the molecule is CCNC(=O)c1cc(NC(=O)CCC(=O)O)nc2ccccc12. The van der Waals surface area contributed by atoms with Crippen molar-refractivity contribution in [1.29, 1.82) is 0 Å². The van der Waals surface area contributed by atoms with Crippen LogP contribution in [0.2, 0.25) is 0 Å². The number of carboxylic acids is 1. The van der Waals surface area contributed by atoms with Crippen molar-refractivity contribution >= 4 is 34.5 Å². The standard InChI is InChI=1S/C16H17N3O4/c1-2-17-16(23)11-9-13(19-14(20)7-8-15(21)22)18-12-6-4-3-5-10(11)12/h3-6,9H,2,7-8H2,1H3,(H,17,23)(H,21,22)(H,18,19,20). The Balaban J connectivity index is 2.32. The summed E-state index contributed by atoms with van der Waals surface area (Å²) in [5.41, 5.74) is 0.982. The maximum absolute atomic E-state index is 12.2. The summed E-state index contributed by atoms with van der Waals surface area (Å²) in [5.74, 6) is -1.54. The minimum absolute atomic E-state index is 0.152. The molecule has 120 valence electrons. The number of carbonyl (C=O) groups is 3. The van der Waals surface area contributed by atoms with Gasteiger partial charge in [-0.15, -0.1) is 0 Å². The van der Waals surface area contributed by atoms with Gasteiger partial charge in [-0.05, 0) is 19.1 Å². The number of benzene rings is 1. The smallest absolute Gasteiger partial charge is 0.303 e. The molecule has 0 spiro atoms. The van der Waals surface area contributed by atoms with Gasteiger partial charge in [0.1, 0.15) is 5.82 Å². The van der Waals surface area contributed by atoms with Crippen LogP contribution in [0.4, 0.5) is 5.82 Å². The second kappa shape index (κ2) is 7.35. The van der Waals surface area contributed by atoms with E-state index in [4.69, 9.17) is 5.11 Å². The van der Waals surface area contributed by atoms with Gasteiger partial charge in [0.2, 0.25) is 5.91 Å². The molecule has 7 heteroatoms. The van der Waals surface area contributed by atoms with Gasteiger partial charge >= 0.3 is 5.97 Å². The number of aromatic nitrogens is 1. The fourth-order valence-corrected chi connectivity index (χ4v) is 2.11. The topological polar surface area (TPSA) is 108 Å². The summed E-state index contributed by atoms with van der Waals surface area (Å²) in [6, 6.07) is 8.60. The molecule has 1 aromatic carbocycles. The summed E-state index contributed by atoms with van der Waals surface area (Å²) in [5, 5.41) is 14.5. The van der Waals surface area contributed by atoms with E-state index in [0.717, 1.165) is 0 Å². The lowest BCUT2D eigenvalue weighted by Gasteiger charge is -2.10. The number of rotatable bonds is 6. The van der Waals surface area contributed by atoms with E-state index in [9.17, 15) is 14.4 Å². The molecule has 0 fully saturated rings. The lowest BCUT2D eigenvalue weighted by atomic mass is 10.1. The summed E-state index contributed by atoms with van der Waals surface area (Å²) in [6.07, 6.45) is -0.414. The highest BCUT2D eigenvalue weighted by Crippen LogP contribution is 2.21. The zero-order valence-electron chi connectivity index (χ0n) is 12.6. The molecule has 0 saturated heterocycles. The Labute approximate surface area is 132 Å². The number of hydrogen-bond acceptors (Lipinski definition) is 4. The van der Waals surface area contributed by atoms with Crippen molar-refractivity contribution in [3.8, 4) is 0 Å². The molecule has 7 nitrogen and oxygen atoms in total. The Morgan fingerprint density at radius 3 is 2.61 bits per heavy atom. The normalized spacial score (nSPS) is 10.3. The van der Waals surface area contributed by atoms with Crippen LogP contribution < -0.4 is 10.6 Å². The van der Waals surface area contributed by atoms with Crippen molar-refractivity contribution in [2.24, 2.45) is 0 Å². The molecule has 2 rings (SSSR count). The van der Waals surface area contributed by atoms with Crippen LogP contribution in [-0.2, 0) is 9.59 Å². The van der Waals surface area contributed by atoms with Crippen LogP contribution in [0.1, 0.15) is 30.1 Å². The maximum atomic E-state index is 12.2. The summed E-state index contributed by atoms with van der Waals surface area (Å²) in [4.78, 5) is 38.7. The molecule has 23 heavy (non-hydrogen) atoms. The van der Waals surface area contributed by atoms with Crippen LogP contribution in [0, 0.1) is 0 Å². The van der Waals surface area contributed by atoms with Crippen molar-refractivity contribution in [3.05, 3.63) is 35.9 Å². The number of pyridine rings is 1. The average Bonchev–Trinajstić information content (AvgIpc) is 2.52. The summed E-state index contributed by atoms with van der Waals surface area (Å²) < 4.78 is 0. The number of para-hydroxylation sites is 1. The fraction of sp³-hybridized carbons (Fsp3) is 0.250. The third-order valence-corrected chi connectivity index (χ3v) is 3.13. The van der Waals surface area contributed by atoms with Gasteiger partial charge in [-0.25, -0.2) is 4.98 Å². The Hall–Kier alpha value is -2.96. The van der Waals surface area contributed by atoms with Crippen LogP contribution in [0.25, 0.3) is 10.9 Å². The number of amides is 2. The van der Waals surface area contributed by atoms with Crippen LogP contribution in [0.5, 0.6) is 0 Å². The fourth-order valence-electron chi connectivity index (χ4n) is 2.11. The first-order chi connectivity index (χ1) is 11.0. The first-order valence-electron chi connectivity index (χ1n) is 7.21. The van der Waals surface area contributed by atoms with E-state index in [1.54, 1.807) is 24.3 Å². The van der Waals surface area contributed by atoms with Crippen LogP contribution in [-0.4, -0.2) is 34.4 Å². The van der Waals surface area contributed by atoms with Crippen LogP contribution in [0.3, 0.4) is 0 Å². The van der Waals surface area contributed by atoms with E-state index < -0.39 is 11.9 Å². The van der Waals surface area contributed by atoms with Crippen molar-refractivity contribution in [2.45, 2.75) is 19.8 Å². The zero-order chi connectivity index (χ0) is 16.8. The molecular formula is C16H17N3O4. The third-order valence-electron chi connectivity index (χ3n) is 3.13. The molecule has 0 unspecified atom stereocenters. The van der Waals surface area contributed by atoms with Gasteiger partial charge < -0.3 is 15.7 Å². The predicted octanol–water partition coefficient (Wildman–Crippen LogP) is 1.79. The maximum Gasteiger partial charge on any atom is 0.303 e. The Morgan fingerprint density at radius 2 is 1.91 bits per heavy atom. The largest absolute Gasteiger partial charge is 0.481 e. The number of carboxylic acid groups (broad SMARTS) is 1. The summed E-state index contributed by atoms with van der Waals surface area (Å²) in [7, 11) is 0. The number of fused-ring (bicyclic) bond motifs is 1. The van der Waals surface area contributed by atoms with Crippen molar-refractivity contribution in [1.82, 2.24) is 10.3 Å². The van der Waals surface area contributed by atoms with Gasteiger partial charge in [-0.2, -0.15) is 0 Å². The molecule has 0 saturated carbocycles. The van der Waals surface area contributed by atoms with E-state index in [0.29, 0.717) is 23.0 Å². The average molecular weight is 315 g/mol. The molecule has 0 aliphatic carbocycles. The first kappa shape index (κ1) is 16.4. The highest BCUT2D eigenvalue weighted by molar-refractivity contribution is 6.07. The summed E-state index contributed by atoms with van der Waals surface area (Å²) >= 11 is 0. The highest BCUT2D eigenvalue weighted by Gasteiger charge is 2.14. The van der Waals surface area contributed by atoms with E-state index in [1.807, 2.05) is 6.92 Å². The molecule has 2 aromatic rings. The van der Waals surface area contributed by atoms with Gasteiger partial charge in [0.25, 0.3) is 5.91 Å². The third kappa shape index (κ3) is 4.26. The van der Waals surface area contributed by atoms with E-state index >= 15 is 0 Å². The van der Waals surface area contributed by atoms with Gasteiger partial charge in [0.05, 0.1) is 17.5 Å². The second-order valence-corrected chi connectivity index (χ2v) is 4.87. The Kier molecular flexibility index (Phi) is 5.24. The molecule has 0 aliphatic rings. The number of nitrogens with zero attached hydrogens (tertiary/aromatic N) is 1. The Bertz CT molecular complexity index is 758. The molecule has 1 heterocycles. The quantitative estimate of drug-likeness (QED) is 0.753. The number of anilines is 1. The van der Waals surface area contributed by atoms with Crippen LogP contribution >= 0.6 is 0 Å². The van der Waals surface area contributed by atoms with Crippen LogP contribution in [0.15, 0.2) is 30.3 Å². The van der Waals surface area contributed by atoms with E-state index in [1.165, 1.54) is 6.07 Å². The van der Waals surface area contributed by atoms with E-state index in [2.05, 4.69) is 15.6 Å². The number of aliphatic carboxylic acids is 1. The van der Waals surface area contributed by atoms with Crippen molar-refractivity contribution in [3.63, 3.8) is 0 Å². The monoisotopic (exact) mass is 315 g/mol. The molecular weight excluding hydrogens is 298 g/mol. The van der Waals surface area contributed by atoms with E-state index in [-0.39, 0.29) is 24.6 Å². The number of carbonyl (C=O) groups excluding carboxylic acids is 2. The van der Waals surface area contributed by atoms with Gasteiger partial charge in [-0.3, -0.25) is 14.4 Å². The first-order valence-corrected chi connectivity index (χ1v) is 7.21. The minimum Gasteiger partial charge on any atom is -0.481 e. The Morgan fingerprint density at radius 1 is 1.17 bits per heavy atom. The van der Waals surface area contributed by atoms with Gasteiger partial charge in [-0.1, -0.05) is 18.2 Å². The highest BCUT2D eigenvalue weighted by atomic mass is 16.4. The minimum atomic E-state index is -1.05. The second-order valence-electron chi connectivity index (χ2n) is 4.87. The zero-order valence-corrected chi connectivity index (χ0v) is 12.6. The molecule has 2 amide bonds. The predicted molar refractivity (Wildman–Crippen MR) is 85.2 cm³/mol. The van der Waals surface area contributed by atoms with Crippen molar-refractivity contribution < 1.29 is 19.5 Å². The summed E-state index contributed by atoms with van der Waals surface area (Å²) in [6.45, 7) is 2.30. The lowest BCUT2D eigenvalue weighted by molar-refractivity contribution is -0.138. The molecule has 1 aromatic heterocycles. The lowest BCUT2D eigenvalue weighted by Crippen LogP contribution is -2.23. The van der Waals surface area contributed by atoms with Crippen molar-refractivity contribution in [2.75, 3.05) is 11.9 Å². The number of nitrogens with one attached hydrogen (secondary N) is 2. The molecule has 3 N–H and O–H groups in total. The molecule has 0 aliphatic heterocycles. The van der Waals surface area contributed by atoms with Gasteiger partial charge in [0.15, 0.2) is 0 Å².